The predicted molar refractivity (Wildman–Crippen MR) is 83.3 cm³/mol. The molecule has 1 N–H and O–H groups in total. The second-order valence-corrected chi connectivity index (χ2v) is 5.11. The SMILES string of the molecule is CCCc1nc2nc(C)cc(NCc3ccccc3)n2n1. The van der Waals surface area contributed by atoms with Crippen molar-refractivity contribution in [2.24, 2.45) is 0 Å². The van der Waals surface area contributed by atoms with Gasteiger partial charge in [0, 0.05) is 24.7 Å². The van der Waals surface area contributed by atoms with E-state index >= 15 is 0 Å². The molecule has 5 heteroatoms. The molecule has 3 aromatic rings. The van der Waals surface area contributed by atoms with E-state index in [1.807, 2.05) is 31.2 Å². The number of nitrogens with one attached hydrogen (secondary N) is 1. The zero-order valence-corrected chi connectivity index (χ0v) is 12.4. The summed E-state index contributed by atoms with van der Waals surface area (Å²) in [4.78, 5) is 8.92. The summed E-state index contributed by atoms with van der Waals surface area (Å²) in [5, 5.41) is 7.96. The average Bonchev–Trinajstić information content (AvgIpc) is 2.88. The van der Waals surface area contributed by atoms with Gasteiger partial charge in [-0.1, -0.05) is 37.3 Å². The Morgan fingerprint density at radius 3 is 2.71 bits per heavy atom. The van der Waals surface area contributed by atoms with Crippen molar-refractivity contribution in [2.45, 2.75) is 33.2 Å². The van der Waals surface area contributed by atoms with Crippen molar-refractivity contribution < 1.29 is 0 Å². The van der Waals surface area contributed by atoms with Crippen LogP contribution in [0.4, 0.5) is 5.82 Å². The third kappa shape index (κ3) is 3.02. The zero-order valence-electron chi connectivity index (χ0n) is 12.4. The lowest BCUT2D eigenvalue weighted by molar-refractivity contribution is 0.816. The highest BCUT2D eigenvalue weighted by Gasteiger charge is 2.09. The molecule has 5 nitrogen and oxygen atoms in total. The van der Waals surface area contributed by atoms with Gasteiger partial charge in [0.2, 0.25) is 0 Å². The van der Waals surface area contributed by atoms with Crippen LogP contribution in [0.25, 0.3) is 5.78 Å². The highest BCUT2D eigenvalue weighted by atomic mass is 15.4. The predicted octanol–water partition coefficient (Wildman–Crippen LogP) is 3.00. The molecule has 0 atom stereocenters. The third-order valence-electron chi connectivity index (χ3n) is 3.27. The van der Waals surface area contributed by atoms with Crippen LogP contribution < -0.4 is 5.32 Å². The lowest BCUT2D eigenvalue weighted by atomic mass is 10.2. The van der Waals surface area contributed by atoms with E-state index in [1.54, 1.807) is 4.52 Å². The molecule has 0 saturated carbocycles. The molecular formula is C16H19N5. The van der Waals surface area contributed by atoms with Crippen molar-refractivity contribution in [1.29, 1.82) is 0 Å². The number of anilines is 1. The van der Waals surface area contributed by atoms with Crippen molar-refractivity contribution in [3.63, 3.8) is 0 Å². The standard InChI is InChI=1S/C16H19N5/c1-3-7-14-19-16-18-12(2)10-15(21(16)20-14)17-11-13-8-5-4-6-9-13/h4-6,8-10,17H,3,7,11H2,1-2H3. The Kier molecular flexibility index (Phi) is 3.81. The van der Waals surface area contributed by atoms with Gasteiger partial charge >= 0.3 is 0 Å². The molecule has 2 heterocycles. The van der Waals surface area contributed by atoms with E-state index in [2.05, 4.69) is 39.4 Å². The normalized spacial score (nSPS) is 11.0. The minimum Gasteiger partial charge on any atom is -0.366 e. The van der Waals surface area contributed by atoms with Crippen molar-refractivity contribution in [1.82, 2.24) is 19.6 Å². The minimum atomic E-state index is 0.661. The Labute approximate surface area is 124 Å². The maximum atomic E-state index is 4.54. The van der Waals surface area contributed by atoms with Crippen LogP contribution in [0.5, 0.6) is 0 Å². The van der Waals surface area contributed by atoms with Gasteiger partial charge < -0.3 is 5.32 Å². The highest BCUT2D eigenvalue weighted by molar-refractivity contribution is 5.45. The Morgan fingerprint density at radius 2 is 1.95 bits per heavy atom. The molecule has 0 amide bonds. The number of hydrogen-bond acceptors (Lipinski definition) is 4. The lowest BCUT2D eigenvalue weighted by Crippen LogP contribution is -2.07. The second-order valence-electron chi connectivity index (χ2n) is 5.11. The summed E-state index contributed by atoms with van der Waals surface area (Å²) in [6.45, 7) is 4.85. The molecule has 1 aromatic carbocycles. The molecule has 0 saturated heterocycles. The first-order valence-electron chi connectivity index (χ1n) is 7.27. The molecule has 0 aliphatic carbocycles. The number of aryl methyl sites for hydroxylation is 2. The Hall–Kier alpha value is -2.43. The zero-order chi connectivity index (χ0) is 14.7. The summed E-state index contributed by atoms with van der Waals surface area (Å²) in [7, 11) is 0. The summed E-state index contributed by atoms with van der Waals surface area (Å²) in [5.74, 6) is 2.43. The number of nitrogens with zero attached hydrogens (tertiary/aromatic N) is 4. The molecule has 0 aliphatic rings. The molecule has 3 rings (SSSR count). The minimum absolute atomic E-state index is 0.661. The van der Waals surface area contributed by atoms with Gasteiger partial charge in [-0.05, 0) is 18.9 Å². The van der Waals surface area contributed by atoms with Crippen molar-refractivity contribution in [3.8, 4) is 0 Å². The number of hydrogen-bond donors (Lipinski definition) is 1. The van der Waals surface area contributed by atoms with E-state index in [9.17, 15) is 0 Å². The smallest absolute Gasteiger partial charge is 0.254 e. The molecule has 0 aliphatic heterocycles. The van der Waals surface area contributed by atoms with Gasteiger partial charge in [-0.25, -0.2) is 4.98 Å². The first-order valence-corrected chi connectivity index (χ1v) is 7.27. The van der Waals surface area contributed by atoms with Gasteiger partial charge in [0.15, 0.2) is 5.82 Å². The highest BCUT2D eigenvalue weighted by Crippen LogP contribution is 2.13. The van der Waals surface area contributed by atoms with E-state index in [1.165, 1.54) is 5.56 Å². The summed E-state index contributed by atoms with van der Waals surface area (Å²) in [6, 6.07) is 12.3. The Balaban J connectivity index is 1.89. The van der Waals surface area contributed by atoms with Crippen LogP contribution in [-0.4, -0.2) is 19.6 Å². The van der Waals surface area contributed by atoms with Gasteiger partial charge in [0.1, 0.15) is 5.82 Å². The molecule has 21 heavy (non-hydrogen) atoms. The largest absolute Gasteiger partial charge is 0.366 e. The average molecular weight is 281 g/mol. The van der Waals surface area contributed by atoms with E-state index in [-0.39, 0.29) is 0 Å². The van der Waals surface area contributed by atoms with Crippen LogP contribution in [0.1, 0.15) is 30.4 Å². The third-order valence-corrected chi connectivity index (χ3v) is 3.27. The number of aromatic nitrogens is 4. The Morgan fingerprint density at radius 1 is 1.14 bits per heavy atom. The maximum absolute atomic E-state index is 4.54. The van der Waals surface area contributed by atoms with E-state index in [4.69, 9.17) is 0 Å². The van der Waals surface area contributed by atoms with Crippen molar-refractivity contribution >= 4 is 11.6 Å². The van der Waals surface area contributed by atoms with E-state index in [0.29, 0.717) is 5.78 Å². The van der Waals surface area contributed by atoms with Crippen LogP contribution in [0.15, 0.2) is 36.4 Å². The number of fused-ring (bicyclic) bond motifs is 1. The summed E-state index contributed by atoms with van der Waals surface area (Å²) >= 11 is 0. The van der Waals surface area contributed by atoms with Gasteiger partial charge in [0.25, 0.3) is 5.78 Å². The molecule has 0 spiro atoms. The fourth-order valence-corrected chi connectivity index (χ4v) is 2.27. The molecular weight excluding hydrogens is 262 g/mol. The molecule has 0 fully saturated rings. The fraction of sp³-hybridized carbons (Fsp3) is 0.312. The Bertz CT molecular complexity index is 733. The quantitative estimate of drug-likeness (QED) is 0.781. The van der Waals surface area contributed by atoms with Crippen molar-refractivity contribution in [3.05, 3.63) is 53.5 Å². The molecule has 0 unspecified atom stereocenters. The molecule has 2 aromatic heterocycles. The first-order chi connectivity index (χ1) is 10.3. The fourth-order valence-electron chi connectivity index (χ4n) is 2.27. The summed E-state index contributed by atoms with van der Waals surface area (Å²) in [6.07, 6.45) is 1.91. The maximum Gasteiger partial charge on any atom is 0.254 e. The van der Waals surface area contributed by atoms with Crippen LogP contribution in [-0.2, 0) is 13.0 Å². The van der Waals surface area contributed by atoms with Crippen LogP contribution in [0.2, 0.25) is 0 Å². The monoisotopic (exact) mass is 281 g/mol. The second kappa shape index (κ2) is 5.91. The van der Waals surface area contributed by atoms with Crippen LogP contribution >= 0.6 is 0 Å². The van der Waals surface area contributed by atoms with Gasteiger partial charge in [0.05, 0.1) is 0 Å². The van der Waals surface area contributed by atoms with Gasteiger partial charge in [-0.3, -0.25) is 0 Å². The topological polar surface area (TPSA) is 55.1 Å². The lowest BCUT2D eigenvalue weighted by Gasteiger charge is -2.08. The summed E-state index contributed by atoms with van der Waals surface area (Å²) in [5.41, 5.74) is 2.17. The van der Waals surface area contributed by atoms with Crippen LogP contribution in [0, 0.1) is 6.92 Å². The first kappa shape index (κ1) is 13.5. The van der Waals surface area contributed by atoms with E-state index < -0.39 is 0 Å². The van der Waals surface area contributed by atoms with Crippen LogP contribution in [0.3, 0.4) is 0 Å². The number of benzene rings is 1. The molecule has 108 valence electrons. The molecule has 0 radical (unpaired) electrons. The van der Waals surface area contributed by atoms with E-state index in [0.717, 1.165) is 36.7 Å². The van der Waals surface area contributed by atoms with Crippen molar-refractivity contribution in [2.75, 3.05) is 5.32 Å². The molecule has 0 bridgehead atoms. The number of rotatable bonds is 5. The summed E-state index contributed by atoms with van der Waals surface area (Å²) < 4.78 is 1.79. The van der Waals surface area contributed by atoms with Gasteiger partial charge in [-0.2, -0.15) is 9.50 Å². The van der Waals surface area contributed by atoms with Gasteiger partial charge in [-0.15, -0.1) is 5.10 Å².